The Bertz CT molecular complexity index is 1410. The predicted molar refractivity (Wildman–Crippen MR) is 165 cm³/mol. The standard InChI is InChI=1S/C29H38N10O4S/c30-20(12-18-6-2-1-3-7-18)28(43)39-11-5-9-24(39)27(42)37-21(8-4-10-34-29(31)32)26(41)38-22(13-19-14-33-16-35-19)25(40)23-15-44-17-36-23/h1-3,6-7,14-17,20-22,24H,4-5,8-13,30H2,(H,33,35)(H,37,42)(H,38,41)(H4,31,32,34)/t20-,21-,22-,24-/m0/s1. The van der Waals surface area contributed by atoms with Gasteiger partial charge in [0.15, 0.2) is 5.96 Å². The van der Waals surface area contributed by atoms with Crippen LogP contribution in [0.25, 0.3) is 0 Å². The molecule has 4 rings (SSSR count). The summed E-state index contributed by atoms with van der Waals surface area (Å²) in [4.78, 5) is 70.3. The summed E-state index contributed by atoms with van der Waals surface area (Å²) >= 11 is 1.27. The number of amides is 3. The maximum absolute atomic E-state index is 13.7. The van der Waals surface area contributed by atoms with Gasteiger partial charge in [-0.05, 0) is 37.7 Å². The Morgan fingerprint density at radius 2 is 1.91 bits per heavy atom. The maximum atomic E-state index is 13.7. The van der Waals surface area contributed by atoms with Crippen molar-refractivity contribution in [1.29, 1.82) is 0 Å². The van der Waals surface area contributed by atoms with Gasteiger partial charge >= 0.3 is 0 Å². The van der Waals surface area contributed by atoms with E-state index in [0.717, 1.165) is 5.56 Å². The highest BCUT2D eigenvalue weighted by molar-refractivity contribution is 7.07. The fourth-order valence-electron chi connectivity index (χ4n) is 5.12. The first-order chi connectivity index (χ1) is 21.2. The molecule has 0 saturated carbocycles. The fourth-order valence-corrected chi connectivity index (χ4v) is 5.66. The molecule has 44 heavy (non-hydrogen) atoms. The maximum Gasteiger partial charge on any atom is 0.243 e. The van der Waals surface area contributed by atoms with Gasteiger partial charge in [0.25, 0.3) is 0 Å². The van der Waals surface area contributed by atoms with E-state index in [0.29, 0.717) is 37.9 Å². The summed E-state index contributed by atoms with van der Waals surface area (Å²) < 4.78 is 0. The van der Waals surface area contributed by atoms with Gasteiger partial charge in [-0.1, -0.05) is 30.3 Å². The van der Waals surface area contributed by atoms with Crippen LogP contribution >= 0.6 is 11.3 Å². The number of ketones is 1. The van der Waals surface area contributed by atoms with E-state index in [1.807, 2.05) is 30.3 Å². The molecule has 14 nitrogen and oxygen atoms in total. The van der Waals surface area contributed by atoms with Crippen LogP contribution in [0.4, 0.5) is 0 Å². The largest absolute Gasteiger partial charge is 0.370 e. The van der Waals surface area contributed by atoms with Crippen LogP contribution < -0.4 is 27.8 Å². The molecule has 1 aliphatic rings. The van der Waals surface area contributed by atoms with Crippen LogP contribution in [-0.2, 0) is 27.2 Å². The Hall–Kier alpha value is -4.63. The van der Waals surface area contributed by atoms with Gasteiger partial charge in [0, 0.05) is 36.8 Å². The first kappa shape index (κ1) is 32.3. The molecule has 0 unspecified atom stereocenters. The molecule has 15 heteroatoms. The van der Waals surface area contributed by atoms with Gasteiger partial charge in [0.2, 0.25) is 23.5 Å². The van der Waals surface area contributed by atoms with Crippen molar-refractivity contribution in [3.8, 4) is 0 Å². The molecule has 1 saturated heterocycles. The molecule has 0 bridgehead atoms. The van der Waals surface area contributed by atoms with Crippen molar-refractivity contribution in [3.63, 3.8) is 0 Å². The van der Waals surface area contributed by atoms with Gasteiger partial charge in [0.05, 0.1) is 23.9 Å². The van der Waals surface area contributed by atoms with Crippen molar-refractivity contribution in [3.05, 3.63) is 70.7 Å². The Morgan fingerprint density at radius 3 is 2.59 bits per heavy atom. The highest BCUT2D eigenvalue weighted by atomic mass is 32.1. The Labute approximate surface area is 258 Å². The van der Waals surface area contributed by atoms with Crippen LogP contribution in [0.2, 0.25) is 0 Å². The Balaban J connectivity index is 1.47. The van der Waals surface area contributed by atoms with E-state index in [9.17, 15) is 19.2 Å². The van der Waals surface area contributed by atoms with Crippen LogP contribution in [0.15, 0.2) is 58.7 Å². The minimum absolute atomic E-state index is 0.0875. The van der Waals surface area contributed by atoms with Gasteiger partial charge in [-0.3, -0.25) is 24.2 Å². The van der Waals surface area contributed by atoms with E-state index in [1.54, 1.807) is 11.6 Å². The normalized spacial score (nSPS) is 16.5. The number of nitrogens with zero attached hydrogens (tertiary/aromatic N) is 4. The number of rotatable bonds is 15. The zero-order chi connectivity index (χ0) is 31.5. The summed E-state index contributed by atoms with van der Waals surface area (Å²) in [5.41, 5.74) is 20.5. The molecule has 0 radical (unpaired) electrons. The second-order valence-corrected chi connectivity index (χ2v) is 11.3. The lowest BCUT2D eigenvalue weighted by atomic mass is 10.0. The van der Waals surface area contributed by atoms with Crippen molar-refractivity contribution in [2.75, 3.05) is 13.1 Å². The molecule has 3 heterocycles. The monoisotopic (exact) mass is 622 g/mol. The number of guanidine groups is 1. The number of likely N-dealkylation sites (tertiary alicyclic amines) is 1. The lowest BCUT2D eigenvalue weighted by Gasteiger charge is -2.29. The number of carbonyl (C=O) groups excluding carboxylic acids is 4. The van der Waals surface area contributed by atoms with Crippen molar-refractivity contribution in [1.82, 2.24) is 30.5 Å². The van der Waals surface area contributed by atoms with Crippen LogP contribution in [-0.4, -0.2) is 86.6 Å². The van der Waals surface area contributed by atoms with E-state index in [1.165, 1.54) is 28.1 Å². The SMILES string of the molecule is NC(N)=NCCC[C@H](NC(=O)[C@@H]1CCCN1C(=O)[C@@H](N)Cc1ccccc1)C(=O)N[C@@H](Cc1cnc[nH]1)C(=O)c1cscn1. The van der Waals surface area contributed by atoms with E-state index in [-0.39, 0.29) is 42.7 Å². The van der Waals surface area contributed by atoms with E-state index >= 15 is 0 Å². The van der Waals surface area contributed by atoms with E-state index < -0.39 is 36.0 Å². The predicted octanol–water partition coefficient (Wildman–Crippen LogP) is -0.124. The molecular weight excluding hydrogens is 584 g/mol. The number of Topliss-reactive ketones (excluding diaryl/α,β-unsaturated/α-hetero) is 1. The summed E-state index contributed by atoms with van der Waals surface area (Å²) in [5, 5.41) is 7.22. The van der Waals surface area contributed by atoms with Gasteiger partial charge in [-0.15, -0.1) is 11.3 Å². The second kappa shape index (κ2) is 15.7. The molecule has 1 aromatic carbocycles. The molecule has 234 valence electrons. The molecule has 1 aliphatic heterocycles. The molecular formula is C29H38N10O4S. The number of hydrogen-bond acceptors (Lipinski definition) is 9. The topological polar surface area (TPSA) is 228 Å². The average molecular weight is 623 g/mol. The second-order valence-electron chi connectivity index (χ2n) is 10.6. The number of H-pyrrole nitrogens is 1. The fraction of sp³-hybridized carbons (Fsp3) is 0.414. The Morgan fingerprint density at radius 1 is 1.11 bits per heavy atom. The van der Waals surface area contributed by atoms with E-state index in [4.69, 9.17) is 17.2 Å². The number of imidazole rings is 1. The lowest BCUT2D eigenvalue weighted by Crippen LogP contribution is -2.57. The van der Waals surface area contributed by atoms with Crippen LogP contribution in [0.1, 0.15) is 47.4 Å². The van der Waals surface area contributed by atoms with Crippen LogP contribution in [0.3, 0.4) is 0 Å². The minimum Gasteiger partial charge on any atom is -0.370 e. The average Bonchev–Trinajstić information content (AvgIpc) is 3.81. The Kier molecular flexibility index (Phi) is 11.5. The smallest absolute Gasteiger partial charge is 0.243 e. The number of thiazole rings is 1. The summed E-state index contributed by atoms with van der Waals surface area (Å²) in [6.45, 7) is 0.620. The van der Waals surface area contributed by atoms with Crippen molar-refractivity contribution in [2.24, 2.45) is 22.2 Å². The molecule has 3 aromatic rings. The zero-order valence-electron chi connectivity index (χ0n) is 24.2. The number of carbonyl (C=O) groups is 4. The molecule has 3 amide bonds. The number of nitrogens with two attached hydrogens (primary N) is 3. The van der Waals surface area contributed by atoms with Crippen molar-refractivity contribution < 1.29 is 19.2 Å². The van der Waals surface area contributed by atoms with Gasteiger partial charge < -0.3 is 37.7 Å². The first-order valence-corrected chi connectivity index (χ1v) is 15.3. The third kappa shape index (κ3) is 8.94. The molecule has 4 atom stereocenters. The molecule has 0 spiro atoms. The number of aliphatic imine (C=N–C) groups is 1. The summed E-state index contributed by atoms with van der Waals surface area (Å²) in [6, 6.07) is 5.83. The van der Waals surface area contributed by atoms with Gasteiger partial charge in [-0.25, -0.2) is 9.97 Å². The van der Waals surface area contributed by atoms with Gasteiger partial charge in [-0.2, -0.15) is 0 Å². The molecule has 2 aromatic heterocycles. The third-order valence-electron chi connectivity index (χ3n) is 7.33. The zero-order valence-corrected chi connectivity index (χ0v) is 25.0. The van der Waals surface area contributed by atoms with Gasteiger partial charge in [0.1, 0.15) is 17.8 Å². The lowest BCUT2D eigenvalue weighted by molar-refractivity contribution is -0.140. The molecule has 1 fully saturated rings. The number of benzene rings is 1. The summed E-state index contributed by atoms with van der Waals surface area (Å²) in [7, 11) is 0. The number of aromatic nitrogens is 3. The number of aromatic amines is 1. The molecule has 9 N–H and O–H groups in total. The molecule has 0 aliphatic carbocycles. The summed E-state index contributed by atoms with van der Waals surface area (Å²) in [6.07, 6.45) is 5.14. The quantitative estimate of drug-likeness (QED) is 0.0573. The minimum atomic E-state index is -1.03. The summed E-state index contributed by atoms with van der Waals surface area (Å²) in [5.74, 6) is -1.82. The highest BCUT2D eigenvalue weighted by Crippen LogP contribution is 2.20. The number of hydrogen-bond donors (Lipinski definition) is 6. The third-order valence-corrected chi connectivity index (χ3v) is 7.92. The van der Waals surface area contributed by atoms with Crippen LogP contribution in [0, 0.1) is 0 Å². The van der Waals surface area contributed by atoms with Crippen LogP contribution in [0.5, 0.6) is 0 Å². The first-order valence-electron chi connectivity index (χ1n) is 14.4. The van der Waals surface area contributed by atoms with E-state index in [2.05, 4.69) is 30.6 Å². The highest BCUT2D eigenvalue weighted by Gasteiger charge is 2.38. The number of nitrogens with one attached hydrogen (secondary N) is 3. The van der Waals surface area contributed by atoms with Crippen molar-refractivity contribution >= 4 is 40.8 Å². The van der Waals surface area contributed by atoms with Crippen molar-refractivity contribution in [2.45, 2.75) is 62.7 Å².